The molecule has 6 heteroatoms. The Bertz CT molecular complexity index is 1290. The summed E-state index contributed by atoms with van der Waals surface area (Å²) in [6.07, 6.45) is 0.589. The molecule has 0 saturated heterocycles. The van der Waals surface area contributed by atoms with Crippen LogP contribution in [0.2, 0.25) is 10.0 Å². The Hall–Kier alpha value is -3.60. The maximum Gasteiger partial charge on any atom is 0.243 e. The Morgan fingerprint density at radius 1 is 0.649 bits per heavy atom. The normalized spacial score (nSPS) is 11.5. The lowest BCUT2D eigenvalue weighted by Crippen LogP contribution is -2.50. The average Bonchev–Trinajstić information content (AvgIpc) is 2.92. The lowest BCUT2D eigenvalue weighted by atomic mass is 10.0. The summed E-state index contributed by atoms with van der Waals surface area (Å²) in [5.41, 5.74) is 3.70. The van der Waals surface area contributed by atoms with E-state index in [9.17, 15) is 9.59 Å². The number of hydrogen-bond acceptors (Lipinski definition) is 2. The van der Waals surface area contributed by atoms with Crippen LogP contribution in [0.25, 0.3) is 0 Å². The molecule has 0 aliphatic heterocycles. The number of benzene rings is 4. The molecular formula is C31H28Cl2N2O2. The Kier molecular flexibility index (Phi) is 9.36. The lowest BCUT2D eigenvalue weighted by Gasteiger charge is -2.32. The highest BCUT2D eigenvalue weighted by Crippen LogP contribution is 2.18. The molecule has 4 aromatic rings. The summed E-state index contributed by atoms with van der Waals surface area (Å²) >= 11 is 12.1. The lowest BCUT2D eigenvalue weighted by molar-refractivity contribution is -0.140. The zero-order chi connectivity index (χ0) is 26.0. The van der Waals surface area contributed by atoms with E-state index in [0.717, 1.165) is 22.3 Å². The molecule has 188 valence electrons. The fourth-order valence-electron chi connectivity index (χ4n) is 4.12. The molecule has 1 N–H and O–H groups in total. The summed E-state index contributed by atoms with van der Waals surface area (Å²) in [5.74, 6) is -0.335. The van der Waals surface area contributed by atoms with Gasteiger partial charge in [-0.25, -0.2) is 0 Å². The largest absolute Gasteiger partial charge is 0.350 e. The number of hydrogen-bond donors (Lipinski definition) is 1. The summed E-state index contributed by atoms with van der Waals surface area (Å²) in [4.78, 5) is 29.1. The molecule has 4 aromatic carbocycles. The van der Waals surface area contributed by atoms with Gasteiger partial charge in [0.1, 0.15) is 6.04 Å². The maximum atomic E-state index is 13.7. The van der Waals surface area contributed by atoms with Gasteiger partial charge in [0.05, 0.1) is 6.42 Å². The highest BCUT2D eigenvalue weighted by atomic mass is 35.5. The number of nitrogens with zero attached hydrogens (tertiary/aromatic N) is 1. The fraction of sp³-hybridized carbons (Fsp3) is 0.161. The van der Waals surface area contributed by atoms with Crippen molar-refractivity contribution in [2.75, 3.05) is 0 Å². The van der Waals surface area contributed by atoms with E-state index in [-0.39, 0.29) is 24.8 Å². The predicted octanol–water partition coefficient (Wildman–Crippen LogP) is 6.49. The number of rotatable bonds is 10. The first-order chi connectivity index (χ1) is 18.0. The van der Waals surface area contributed by atoms with E-state index in [0.29, 0.717) is 23.0 Å². The number of amides is 2. The first-order valence-electron chi connectivity index (χ1n) is 12.1. The molecular weight excluding hydrogens is 503 g/mol. The third-order valence-electron chi connectivity index (χ3n) is 6.12. The van der Waals surface area contributed by atoms with Gasteiger partial charge in [-0.1, -0.05) is 108 Å². The van der Waals surface area contributed by atoms with E-state index in [4.69, 9.17) is 23.2 Å². The Balaban J connectivity index is 1.63. The molecule has 0 unspecified atom stereocenters. The van der Waals surface area contributed by atoms with Crippen LogP contribution < -0.4 is 5.32 Å². The van der Waals surface area contributed by atoms with Gasteiger partial charge in [0.25, 0.3) is 0 Å². The van der Waals surface area contributed by atoms with Crippen molar-refractivity contribution in [1.29, 1.82) is 0 Å². The van der Waals surface area contributed by atoms with Crippen molar-refractivity contribution >= 4 is 35.0 Å². The molecule has 0 heterocycles. The Labute approximate surface area is 227 Å². The van der Waals surface area contributed by atoms with Crippen molar-refractivity contribution in [3.05, 3.63) is 141 Å². The van der Waals surface area contributed by atoms with Crippen molar-refractivity contribution in [1.82, 2.24) is 10.2 Å². The van der Waals surface area contributed by atoms with Crippen LogP contribution in [0.3, 0.4) is 0 Å². The van der Waals surface area contributed by atoms with Crippen LogP contribution in [0.5, 0.6) is 0 Å². The van der Waals surface area contributed by atoms with E-state index in [1.807, 2.05) is 84.9 Å². The Morgan fingerprint density at radius 2 is 1.16 bits per heavy atom. The zero-order valence-corrected chi connectivity index (χ0v) is 21.8. The molecule has 4 nitrogen and oxygen atoms in total. The van der Waals surface area contributed by atoms with Gasteiger partial charge >= 0.3 is 0 Å². The fourth-order valence-corrected chi connectivity index (χ4v) is 4.37. The zero-order valence-electron chi connectivity index (χ0n) is 20.3. The number of carbonyl (C=O) groups excluding carboxylic acids is 2. The summed E-state index contributed by atoms with van der Waals surface area (Å²) in [5, 5.41) is 4.29. The average molecular weight is 531 g/mol. The SMILES string of the molecule is O=C(NCc1ccc(Cl)cc1)[C@@H](Cc1ccccc1)N(Cc1ccc(Cl)cc1)C(=O)Cc1ccccc1. The van der Waals surface area contributed by atoms with Crippen molar-refractivity contribution in [3.8, 4) is 0 Å². The third kappa shape index (κ3) is 7.94. The van der Waals surface area contributed by atoms with Gasteiger partial charge in [-0.05, 0) is 46.5 Å². The van der Waals surface area contributed by atoms with Crippen LogP contribution in [-0.2, 0) is 35.5 Å². The van der Waals surface area contributed by atoms with Crippen molar-refractivity contribution in [3.63, 3.8) is 0 Å². The van der Waals surface area contributed by atoms with Gasteiger partial charge in [0.2, 0.25) is 11.8 Å². The standard InChI is InChI=1S/C31H28Cl2N2O2/c32-27-15-11-25(12-16-27)21-34-31(37)29(19-23-7-3-1-4-8-23)35(22-26-13-17-28(33)18-14-26)30(36)20-24-9-5-2-6-10-24/h1-18,29H,19-22H2,(H,34,37)/t29-/m1/s1. The van der Waals surface area contributed by atoms with E-state index in [1.165, 1.54) is 0 Å². The van der Waals surface area contributed by atoms with Crippen molar-refractivity contribution in [2.24, 2.45) is 0 Å². The molecule has 4 rings (SSSR count). The Morgan fingerprint density at radius 3 is 1.73 bits per heavy atom. The molecule has 0 aromatic heterocycles. The summed E-state index contributed by atoms with van der Waals surface area (Å²) in [6, 6.07) is 33.3. The van der Waals surface area contributed by atoms with Gasteiger partial charge < -0.3 is 10.2 Å². The molecule has 2 amide bonds. The second-order valence-electron chi connectivity index (χ2n) is 8.86. The second kappa shape index (κ2) is 13.1. The summed E-state index contributed by atoms with van der Waals surface area (Å²) < 4.78 is 0. The van der Waals surface area contributed by atoms with Gasteiger partial charge in [-0.3, -0.25) is 9.59 Å². The van der Waals surface area contributed by atoms with Gasteiger partial charge in [0.15, 0.2) is 0 Å². The van der Waals surface area contributed by atoms with Crippen LogP contribution in [0, 0.1) is 0 Å². The van der Waals surface area contributed by atoms with Crippen molar-refractivity contribution < 1.29 is 9.59 Å². The monoisotopic (exact) mass is 530 g/mol. The van der Waals surface area contributed by atoms with E-state index < -0.39 is 6.04 Å². The topological polar surface area (TPSA) is 49.4 Å². The highest BCUT2D eigenvalue weighted by Gasteiger charge is 2.30. The summed E-state index contributed by atoms with van der Waals surface area (Å²) in [7, 11) is 0. The minimum Gasteiger partial charge on any atom is -0.350 e. The third-order valence-corrected chi connectivity index (χ3v) is 6.62. The van der Waals surface area contributed by atoms with Crippen molar-refractivity contribution in [2.45, 2.75) is 32.0 Å². The molecule has 0 aliphatic rings. The molecule has 0 aliphatic carbocycles. The van der Waals surface area contributed by atoms with Crippen LogP contribution in [0.4, 0.5) is 0 Å². The van der Waals surface area contributed by atoms with Crippen LogP contribution in [0.15, 0.2) is 109 Å². The van der Waals surface area contributed by atoms with E-state index in [2.05, 4.69) is 5.32 Å². The van der Waals surface area contributed by atoms with Crippen LogP contribution in [-0.4, -0.2) is 22.8 Å². The smallest absolute Gasteiger partial charge is 0.243 e. The highest BCUT2D eigenvalue weighted by molar-refractivity contribution is 6.30. The molecule has 37 heavy (non-hydrogen) atoms. The maximum absolute atomic E-state index is 13.7. The number of carbonyl (C=O) groups is 2. The number of nitrogens with one attached hydrogen (secondary N) is 1. The minimum atomic E-state index is -0.707. The van der Waals surface area contributed by atoms with Gasteiger partial charge in [0, 0.05) is 29.6 Å². The number of halogens is 2. The molecule has 0 saturated carbocycles. The van der Waals surface area contributed by atoms with Gasteiger partial charge in [-0.15, -0.1) is 0 Å². The molecule has 1 atom stereocenters. The quantitative estimate of drug-likeness (QED) is 0.254. The first kappa shape index (κ1) is 26.5. The second-order valence-corrected chi connectivity index (χ2v) is 9.73. The van der Waals surface area contributed by atoms with Gasteiger partial charge in [-0.2, -0.15) is 0 Å². The van der Waals surface area contributed by atoms with E-state index in [1.54, 1.807) is 29.2 Å². The molecule has 0 radical (unpaired) electrons. The molecule has 0 spiro atoms. The van der Waals surface area contributed by atoms with E-state index >= 15 is 0 Å². The molecule has 0 fully saturated rings. The predicted molar refractivity (Wildman–Crippen MR) is 149 cm³/mol. The first-order valence-corrected chi connectivity index (χ1v) is 12.9. The molecule has 0 bridgehead atoms. The summed E-state index contributed by atoms with van der Waals surface area (Å²) in [6.45, 7) is 0.623. The van der Waals surface area contributed by atoms with Crippen LogP contribution in [0.1, 0.15) is 22.3 Å². The van der Waals surface area contributed by atoms with Crippen LogP contribution >= 0.6 is 23.2 Å². The minimum absolute atomic E-state index is 0.122.